The summed E-state index contributed by atoms with van der Waals surface area (Å²) in [7, 11) is 1.16. The fraction of sp³-hybridized carbons (Fsp3) is 0.263. The summed E-state index contributed by atoms with van der Waals surface area (Å²) in [6, 6.07) is 9.49. The third-order valence-electron chi connectivity index (χ3n) is 3.88. The molecule has 0 radical (unpaired) electrons. The Balaban J connectivity index is 1.97. The highest BCUT2D eigenvalue weighted by molar-refractivity contribution is 5.90. The van der Waals surface area contributed by atoms with E-state index in [0.717, 1.165) is 18.7 Å². The number of nitrogens with zero attached hydrogens (tertiary/aromatic N) is 1. The van der Waals surface area contributed by atoms with Gasteiger partial charge in [0.1, 0.15) is 5.82 Å². The maximum absolute atomic E-state index is 12.9. The SMILES string of the molecule is COC(=O)c1ccc(O[C@H](C)C(=O)NCCc2ccc(F)cc2)c([N+](=O)[O-])c1. The number of esters is 1. The van der Waals surface area contributed by atoms with Gasteiger partial charge in [0.25, 0.3) is 5.91 Å². The van der Waals surface area contributed by atoms with Crippen LogP contribution in [0.4, 0.5) is 10.1 Å². The van der Waals surface area contributed by atoms with Gasteiger partial charge in [-0.05, 0) is 43.2 Å². The van der Waals surface area contributed by atoms with Crippen LogP contribution in [0, 0.1) is 15.9 Å². The molecule has 148 valence electrons. The van der Waals surface area contributed by atoms with Crippen LogP contribution in [0.15, 0.2) is 42.5 Å². The summed E-state index contributed by atoms with van der Waals surface area (Å²) >= 11 is 0. The molecule has 2 rings (SSSR count). The first kappa shape index (κ1) is 20.8. The van der Waals surface area contributed by atoms with Gasteiger partial charge in [-0.3, -0.25) is 14.9 Å². The molecule has 0 aliphatic carbocycles. The molecule has 28 heavy (non-hydrogen) atoms. The van der Waals surface area contributed by atoms with Crippen molar-refractivity contribution in [2.24, 2.45) is 0 Å². The van der Waals surface area contributed by atoms with E-state index in [-0.39, 0.29) is 17.1 Å². The van der Waals surface area contributed by atoms with Crippen molar-refractivity contribution in [2.45, 2.75) is 19.4 Å². The molecule has 0 aliphatic rings. The van der Waals surface area contributed by atoms with Crippen molar-refractivity contribution in [3.05, 3.63) is 69.5 Å². The minimum atomic E-state index is -1.00. The Bertz CT molecular complexity index is 869. The first-order valence-electron chi connectivity index (χ1n) is 8.37. The van der Waals surface area contributed by atoms with E-state index in [2.05, 4.69) is 10.1 Å². The van der Waals surface area contributed by atoms with Crippen LogP contribution >= 0.6 is 0 Å². The molecule has 0 saturated heterocycles. The molecule has 0 saturated carbocycles. The number of rotatable bonds is 8. The third kappa shape index (κ3) is 5.50. The van der Waals surface area contributed by atoms with Crippen molar-refractivity contribution in [3.63, 3.8) is 0 Å². The fourth-order valence-corrected chi connectivity index (χ4v) is 2.37. The van der Waals surface area contributed by atoms with Gasteiger partial charge in [0.15, 0.2) is 11.9 Å². The van der Waals surface area contributed by atoms with E-state index in [9.17, 15) is 24.1 Å². The molecule has 8 nitrogen and oxygen atoms in total. The Labute approximate surface area is 160 Å². The molecule has 0 heterocycles. The van der Waals surface area contributed by atoms with E-state index in [1.54, 1.807) is 12.1 Å². The second-order valence-electron chi connectivity index (χ2n) is 5.86. The van der Waals surface area contributed by atoms with Crippen LogP contribution in [0.25, 0.3) is 0 Å². The smallest absolute Gasteiger partial charge is 0.338 e. The first-order chi connectivity index (χ1) is 13.3. The number of ether oxygens (including phenoxy) is 2. The third-order valence-corrected chi connectivity index (χ3v) is 3.88. The number of carbonyl (C=O) groups excluding carboxylic acids is 2. The lowest BCUT2D eigenvalue weighted by Gasteiger charge is -2.15. The minimum Gasteiger partial charge on any atom is -0.474 e. The predicted octanol–water partition coefficient (Wildman–Crippen LogP) is 2.65. The molecule has 0 unspecified atom stereocenters. The van der Waals surface area contributed by atoms with Crippen LogP contribution in [-0.4, -0.2) is 36.6 Å². The zero-order valence-electron chi connectivity index (χ0n) is 15.3. The first-order valence-corrected chi connectivity index (χ1v) is 8.37. The highest BCUT2D eigenvalue weighted by Crippen LogP contribution is 2.29. The molecular weight excluding hydrogens is 371 g/mol. The molecule has 0 aromatic heterocycles. The van der Waals surface area contributed by atoms with Gasteiger partial charge in [0, 0.05) is 12.6 Å². The van der Waals surface area contributed by atoms with Crippen LogP contribution in [0.3, 0.4) is 0 Å². The lowest BCUT2D eigenvalue weighted by molar-refractivity contribution is -0.386. The van der Waals surface area contributed by atoms with Crippen molar-refractivity contribution in [1.29, 1.82) is 0 Å². The molecule has 1 N–H and O–H groups in total. The van der Waals surface area contributed by atoms with E-state index in [1.165, 1.54) is 31.2 Å². The van der Waals surface area contributed by atoms with Gasteiger partial charge in [-0.15, -0.1) is 0 Å². The molecule has 2 aromatic rings. The zero-order chi connectivity index (χ0) is 20.7. The molecule has 1 amide bonds. The van der Waals surface area contributed by atoms with E-state index in [4.69, 9.17) is 4.74 Å². The summed E-state index contributed by atoms with van der Waals surface area (Å²) in [5.41, 5.74) is 0.399. The second kappa shape index (κ2) is 9.45. The lowest BCUT2D eigenvalue weighted by Crippen LogP contribution is -2.37. The van der Waals surface area contributed by atoms with Gasteiger partial charge in [-0.25, -0.2) is 9.18 Å². The maximum atomic E-state index is 12.9. The Morgan fingerprint density at radius 1 is 1.21 bits per heavy atom. The second-order valence-corrected chi connectivity index (χ2v) is 5.86. The van der Waals surface area contributed by atoms with Crippen molar-refractivity contribution in [1.82, 2.24) is 5.32 Å². The molecule has 0 spiro atoms. The van der Waals surface area contributed by atoms with Gasteiger partial charge in [0.05, 0.1) is 17.6 Å². The van der Waals surface area contributed by atoms with E-state index < -0.39 is 28.6 Å². The molecule has 1 atom stereocenters. The maximum Gasteiger partial charge on any atom is 0.338 e. The summed E-state index contributed by atoms with van der Waals surface area (Å²) in [6.45, 7) is 1.74. The van der Waals surface area contributed by atoms with Gasteiger partial charge >= 0.3 is 11.7 Å². The fourth-order valence-electron chi connectivity index (χ4n) is 2.37. The molecule has 2 aromatic carbocycles. The summed E-state index contributed by atoms with van der Waals surface area (Å²) < 4.78 is 22.8. The molecule has 0 bridgehead atoms. The van der Waals surface area contributed by atoms with Crippen molar-refractivity contribution >= 4 is 17.6 Å². The average Bonchev–Trinajstić information content (AvgIpc) is 2.68. The van der Waals surface area contributed by atoms with Crippen molar-refractivity contribution in [2.75, 3.05) is 13.7 Å². The summed E-state index contributed by atoms with van der Waals surface area (Å²) in [5.74, 6) is -1.66. The molecule has 0 aliphatic heterocycles. The normalized spacial score (nSPS) is 11.4. The molecule has 0 fully saturated rings. The number of amides is 1. The zero-order valence-corrected chi connectivity index (χ0v) is 15.3. The van der Waals surface area contributed by atoms with Gasteiger partial charge in [-0.2, -0.15) is 0 Å². The number of hydrogen-bond donors (Lipinski definition) is 1. The van der Waals surface area contributed by atoms with E-state index in [1.807, 2.05) is 0 Å². The van der Waals surface area contributed by atoms with E-state index >= 15 is 0 Å². The summed E-state index contributed by atoms with van der Waals surface area (Å²) in [5, 5.41) is 13.9. The summed E-state index contributed by atoms with van der Waals surface area (Å²) in [4.78, 5) is 34.2. The number of nitro benzene ring substituents is 1. The summed E-state index contributed by atoms with van der Waals surface area (Å²) in [6.07, 6.45) is -0.511. The van der Waals surface area contributed by atoms with Crippen molar-refractivity contribution < 1.29 is 28.4 Å². The van der Waals surface area contributed by atoms with Crippen LogP contribution < -0.4 is 10.1 Å². The highest BCUT2D eigenvalue weighted by Gasteiger charge is 2.23. The molecular formula is C19H19FN2O6. The van der Waals surface area contributed by atoms with Gasteiger partial charge in [-0.1, -0.05) is 12.1 Å². The number of benzene rings is 2. The van der Waals surface area contributed by atoms with Crippen LogP contribution in [0.2, 0.25) is 0 Å². The van der Waals surface area contributed by atoms with Gasteiger partial charge in [0.2, 0.25) is 0 Å². The number of methoxy groups -OCH3 is 1. The topological polar surface area (TPSA) is 108 Å². The number of halogens is 1. The number of hydrogen-bond acceptors (Lipinski definition) is 6. The highest BCUT2D eigenvalue weighted by atomic mass is 19.1. The quantitative estimate of drug-likeness (QED) is 0.422. The lowest BCUT2D eigenvalue weighted by atomic mass is 10.1. The van der Waals surface area contributed by atoms with E-state index in [0.29, 0.717) is 13.0 Å². The van der Waals surface area contributed by atoms with Crippen molar-refractivity contribution in [3.8, 4) is 5.75 Å². The van der Waals surface area contributed by atoms with Gasteiger partial charge < -0.3 is 14.8 Å². The molecule has 9 heteroatoms. The van der Waals surface area contributed by atoms with Crippen LogP contribution in [0.1, 0.15) is 22.8 Å². The Morgan fingerprint density at radius 2 is 1.89 bits per heavy atom. The number of nitro groups is 1. The monoisotopic (exact) mass is 390 g/mol. The Kier molecular flexibility index (Phi) is 7.02. The Morgan fingerprint density at radius 3 is 2.50 bits per heavy atom. The average molecular weight is 390 g/mol. The number of carbonyl (C=O) groups is 2. The standard InChI is InChI=1S/C19H19FN2O6/c1-12(18(23)21-10-9-13-3-6-15(20)7-4-13)28-17-8-5-14(19(24)27-2)11-16(17)22(25)26/h3-8,11-12H,9-10H2,1-2H3,(H,21,23)/t12-/m1/s1. The number of nitrogens with one attached hydrogen (secondary N) is 1. The minimum absolute atomic E-state index is 0.00190. The van der Waals surface area contributed by atoms with Crippen LogP contribution in [0.5, 0.6) is 5.75 Å². The van der Waals surface area contributed by atoms with Crippen LogP contribution in [-0.2, 0) is 16.0 Å². The Hall–Kier alpha value is -3.49. The largest absolute Gasteiger partial charge is 0.474 e. The predicted molar refractivity (Wildman–Crippen MR) is 97.6 cm³/mol.